The van der Waals surface area contributed by atoms with Crippen molar-refractivity contribution in [2.75, 3.05) is 0 Å². The van der Waals surface area contributed by atoms with Crippen LogP contribution in [0.5, 0.6) is 0 Å². The van der Waals surface area contributed by atoms with E-state index in [-0.39, 0.29) is 5.41 Å². The zero-order valence-corrected chi connectivity index (χ0v) is 10.3. The average molecular weight is 203 g/mol. The normalized spacial score (nSPS) is 26.7. The molecule has 1 rings (SSSR count). The molecule has 0 heterocycles. The number of nitrogens with zero attached hydrogens (tertiary/aromatic N) is 1. The summed E-state index contributed by atoms with van der Waals surface area (Å²) in [4.78, 5) is 0. The van der Waals surface area contributed by atoms with Crippen LogP contribution in [0.15, 0.2) is 23.8 Å². The van der Waals surface area contributed by atoms with Gasteiger partial charge in [-0.05, 0) is 52.4 Å². The predicted molar refractivity (Wildman–Crippen MR) is 64.2 cm³/mol. The van der Waals surface area contributed by atoms with Crippen molar-refractivity contribution < 1.29 is 0 Å². The van der Waals surface area contributed by atoms with Gasteiger partial charge < -0.3 is 0 Å². The molecule has 0 aromatic rings. The van der Waals surface area contributed by atoms with E-state index >= 15 is 0 Å². The van der Waals surface area contributed by atoms with E-state index in [0.717, 1.165) is 12.8 Å². The number of rotatable bonds is 2. The molecule has 0 fully saturated rings. The lowest BCUT2D eigenvalue weighted by molar-refractivity contribution is 0.273. The lowest BCUT2D eigenvalue weighted by Crippen LogP contribution is -2.28. The van der Waals surface area contributed by atoms with E-state index in [2.05, 4.69) is 32.6 Å². The third-order valence-electron chi connectivity index (χ3n) is 3.65. The second-order valence-electron chi connectivity index (χ2n) is 5.35. The maximum Gasteiger partial charge on any atom is 0.0690 e. The molecular weight excluding hydrogens is 182 g/mol. The summed E-state index contributed by atoms with van der Waals surface area (Å²) in [6, 6.07) is 2.43. The third-order valence-corrected chi connectivity index (χ3v) is 3.65. The Morgan fingerprint density at radius 3 is 2.67 bits per heavy atom. The molecule has 0 saturated heterocycles. The fraction of sp³-hybridized carbons (Fsp3) is 0.643. The van der Waals surface area contributed by atoms with Gasteiger partial charge in [-0.1, -0.05) is 23.8 Å². The summed E-state index contributed by atoms with van der Waals surface area (Å²) in [5, 5.41) is 9.19. The molecule has 1 nitrogen and oxygen atoms in total. The highest BCUT2D eigenvalue weighted by Gasteiger charge is 2.34. The van der Waals surface area contributed by atoms with E-state index in [4.69, 9.17) is 0 Å². The first kappa shape index (κ1) is 12.0. The minimum absolute atomic E-state index is 0.255. The predicted octanol–water partition coefficient (Wildman–Crippen LogP) is 4.08. The Kier molecular flexibility index (Phi) is 3.39. The van der Waals surface area contributed by atoms with Crippen LogP contribution < -0.4 is 0 Å². The molecule has 0 amide bonds. The van der Waals surface area contributed by atoms with Crippen molar-refractivity contribution >= 4 is 0 Å². The van der Waals surface area contributed by atoms with Crippen molar-refractivity contribution in [3.05, 3.63) is 23.8 Å². The van der Waals surface area contributed by atoms with Crippen LogP contribution in [0.25, 0.3) is 0 Å². The second-order valence-corrected chi connectivity index (χ2v) is 5.35. The van der Waals surface area contributed by atoms with E-state index in [1.807, 2.05) is 13.8 Å². The molecule has 0 aromatic carbocycles. The van der Waals surface area contributed by atoms with Crippen LogP contribution in [0.2, 0.25) is 0 Å². The molecule has 0 spiro atoms. The first-order valence-corrected chi connectivity index (χ1v) is 5.61. The second kappa shape index (κ2) is 4.23. The van der Waals surface area contributed by atoms with Gasteiger partial charge in [-0.3, -0.25) is 0 Å². The fourth-order valence-corrected chi connectivity index (χ4v) is 2.38. The Morgan fingerprint density at radius 2 is 2.20 bits per heavy atom. The van der Waals surface area contributed by atoms with Gasteiger partial charge in [0.1, 0.15) is 0 Å². The Labute approximate surface area is 93.5 Å². The monoisotopic (exact) mass is 203 g/mol. The molecule has 0 bridgehead atoms. The maximum absolute atomic E-state index is 9.19. The lowest BCUT2D eigenvalue weighted by Gasteiger charge is -2.35. The highest BCUT2D eigenvalue weighted by Crippen LogP contribution is 2.42. The van der Waals surface area contributed by atoms with Crippen molar-refractivity contribution in [1.29, 1.82) is 5.26 Å². The number of hydrogen-bond donors (Lipinski definition) is 0. The molecule has 0 saturated carbocycles. The Bertz CT molecular complexity index is 328. The van der Waals surface area contributed by atoms with Gasteiger partial charge in [-0.15, -0.1) is 0 Å². The number of allylic oxidation sites excluding steroid dienone is 3. The van der Waals surface area contributed by atoms with Crippen LogP contribution in [-0.4, -0.2) is 0 Å². The van der Waals surface area contributed by atoms with Crippen molar-refractivity contribution in [3.63, 3.8) is 0 Å². The first-order valence-electron chi connectivity index (χ1n) is 5.61. The van der Waals surface area contributed by atoms with Crippen molar-refractivity contribution in [2.45, 2.75) is 40.5 Å². The van der Waals surface area contributed by atoms with Crippen LogP contribution in [-0.2, 0) is 0 Å². The van der Waals surface area contributed by atoms with Crippen LogP contribution in [0.4, 0.5) is 0 Å². The number of hydrogen-bond acceptors (Lipinski definition) is 1. The molecule has 82 valence electrons. The minimum atomic E-state index is -0.255. The van der Waals surface area contributed by atoms with Gasteiger partial charge in [0.15, 0.2) is 0 Å². The average Bonchev–Trinajstić information content (AvgIpc) is 2.17. The number of nitriles is 1. The molecule has 1 unspecified atom stereocenters. The van der Waals surface area contributed by atoms with Crippen LogP contribution in [0, 0.1) is 28.6 Å². The van der Waals surface area contributed by atoms with Gasteiger partial charge in [-0.2, -0.15) is 5.26 Å². The van der Waals surface area contributed by atoms with E-state index in [1.165, 1.54) is 11.1 Å². The van der Waals surface area contributed by atoms with Gasteiger partial charge in [0.05, 0.1) is 11.5 Å². The summed E-state index contributed by atoms with van der Waals surface area (Å²) in [7, 11) is 0. The van der Waals surface area contributed by atoms with Crippen LogP contribution >= 0.6 is 0 Å². The summed E-state index contributed by atoms with van der Waals surface area (Å²) in [6.45, 7) is 12.4. The van der Waals surface area contributed by atoms with E-state index < -0.39 is 0 Å². The van der Waals surface area contributed by atoms with Gasteiger partial charge in [-0.25, -0.2) is 0 Å². The highest BCUT2D eigenvalue weighted by molar-refractivity contribution is 5.19. The van der Waals surface area contributed by atoms with E-state index in [0.29, 0.717) is 11.8 Å². The Morgan fingerprint density at radius 1 is 1.60 bits per heavy atom. The van der Waals surface area contributed by atoms with Crippen molar-refractivity contribution in [3.8, 4) is 6.07 Å². The van der Waals surface area contributed by atoms with Crippen molar-refractivity contribution in [1.82, 2.24) is 0 Å². The minimum Gasteiger partial charge on any atom is -0.198 e. The zero-order chi connectivity index (χ0) is 11.6. The lowest BCUT2D eigenvalue weighted by atomic mass is 9.67. The maximum atomic E-state index is 9.19. The van der Waals surface area contributed by atoms with Gasteiger partial charge >= 0.3 is 0 Å². The third kappa shape index (κ3) is 2.50. The molecular formula is C14H21N. The SMILES string of the molecule is C=C(C)[C@@H]1CC=C(C)C(C(C)(C)C#N)C1. The Balaban J connectivity index is 2.91. The fourth-order valence-electron chi connectivity index (χ4n) is 2.38. The first-order chi connectivity index (χ1) is 6.88. The molecule has 15 heavy (non-hydrogen) atoms. The topological polar surface area (TPSA) is 23.8 Å². The molecule has 0 N–H and O–H groups in total. The molecule has 0 aliphatic heterocycles. The van der Waals surface area contributed by atoms with Gasteiger partial charge in [0.25, 0.3) is 0 Å². The molecule has 0 radical (unpaired) electrons. The molecule has 1 aliphatic carbocycles. The summed E-state index contributed by atoms with van der Waals surface area (Å²) in [6.07, 6.45) is 4.46. The standard InChI is InChI=1S/C14H21N/c1-10(2)12-7-6-11(3)13(8-12)14(4,5)9-15/h6,12-13H,1,7-8H2,2-5H3/t12-,13?/m1/s1. The molecule has 2 atom stereocenters. The van der Waals surface area contributed by atoms with Gasteiger partial charge in [0, 0.05) is 0 Å². The summed E-state index contributed by atoms with van der Waals surface area (Å²) in [5.74, 6) is 0.948. The molecule has 1 heteroatoms. The summed E-state index contributed by atoms with van der Waals surface area (Å²) < 4.78 is 0. The summed E-state index contributed by atoms with van der Waals surface area (Å²) in [5.41, 5.74) is 2.37. The van der Waals surface area contributed by atoms with E-state index in [9.17, 15) is 5.26 Å². The molecule has 0 aromatic heterocycles. The largest absolute Gasteiger partial charge is 0.198 e. The molecule has 1 aliphatic rings. The smallest absolute Gasteiger partial charge is 0.0690 e. The quantitative estimate of drug-likeness (QED) is 0.620. The van der Waals surface area contributed by atoms with Gasteiger partial charge in [0.2, 0.25) is 0 Å². The van der Waals surface area contributed by atoms with Crippen LogP contribution in [0.1, 0.15) is 40.5 Å². The highest BCUT2D eigenvalue weighted by atomic mass is 14.4. The van der Waals surface area contributed by atoms with Crippen molar-refractivity contribution in [2.24, 2.45) is 17.3 Å². The zero-order valence-electron chi connectivity index (χ0n) is 10.3. The Hall–Kier alpha value is -1.03. The van der Waals surface area contributed by atoms with E-state index in [1.54, 1.807) is 0 Å². The van der Waals surface area contributed by atoms with Crippen LogP contribution in [0.3, 0.4) is 0 Å². The summed E-state index contributed by atoms with van der Waals surface area (Å²) >= 11 is 0.